The summed E-state index contributed by atoms with van der Waals surface area (Å²) < 4.78 is 39.2. The number of piperidine rings is 1. The minimum Gasteiger partial charge on any atom is -0.493 e. The van der Waals surface area contributed by atoms with Gasteiger partial charge in [0, 0.05) is 25.1 Å². The lowest BCUT2D eigenvalue weighted by Gasteiger charge is -2.35. The third-order valence-electron chi connectivity index (χ3n) is 5.11. The molecule has 1 saturated heterocycles. The molecule has 2 aliphatic rings. The second kappa shape index (κ2) is 8.15. The molecule has 0 N–H and O–H groups in total. The van der Waals surface area contributed by atoms with Gasteiger partial charge in [-0.25, -0.2) is 8.42 Å². The van der Waals surface area contributed by atoms with E-state index in [9.17, 15) is 8.42 Å². The number of sulfonamides is 1. The quantitative estimate of drug-likeness (QED) is 0.648. The van der Waals surface area contributed by atoms with Gasteiger partial charge in [0.2, 0.25) is 10.0 Å². The van der Waals surface area contributed by atoms with E-state index in [2.05, 4.69) is 34.2 Å². The zero-order valence-electron chi connectivity index (χ0n) is 15.0. The maximum Gasteiger partial charge on any atom is 0.243 e. The summed E-state index contributed by atoms with van der Waals surface area (Å²) in [5, 5.41) is 0. The molecule has 26 heavy (non-hydrogen) atoms. The molecule has 0 aromatic heterocycles. The van der Waals surface area contributed by atoms with E-state index in [-0.39, 0.29) is 4.90 Å². The Morgan fingerprint density at radius 3 is 2.42 bits per heavy atom. The molecule has 3 rings (SSSR count). The summed E-state index contributed by atoms with van der Waals surface area (Å²) in [6, 6.07) is 4.74. The van der Waals surface area contributed by atoms with Gasteiger partial charge in [-0.3, -0.25) is 0 Å². The summed E-state index contributed by atoms with van der Waals surface area (Å²) in [5.41, 5.74) is 0. The number of benzene rings is 1. The standard InChI is InChI=1S/C19H24BrNO4S/c1-24-18-8-7-15(13-19(18)25-2)26(22,23)21-11-9-14(10-12-21)16-5-3-4-6-17(16)20/h3,5-8,13-14,16H,4,9-12H2,1-2H3. The minimum absolute atomic E-state index is 0.243. The lowest BCUT2D eigenvalue weighted by atomic mass is 9.83. The molecule has 0 saturated carbocycles. The Hall–Kier alpha value is -1.31. The SMILES string of the molecule is COc1ccc(S(=O)(=O)N2CCC(C3C=CCC=C3Br)CC2)cc1OC. The number of methoxy groups -OCH3 is 2. The number of halogens is 1. The highest BCUT2D eigenvalue weighted by molar-refractivity contribution is 9.11. The molecule has 1 aromatic carbocycles. The molecular weight excluding hydrogens is 418 g/mol. The summed E-state index contributed by atoms with van der Waals surface area (Å²) in [4.78, 5) is 0.243. The summed E-state index contributed by atoms with van der Waals surface area (Å²) in [5.74, 6) is 1.78. The molecule has 0 radical (unpaired) electrons. The van der Waals surface area contributed by atoms with E-state index in [1.165, 1.54) is 24.8 Å². The van der Waals surface area contributed by atoms with Crippen LogP contribution < -0.4 is 9.47 Å². The topological polar surface area (TPSA) is 55.8 Å². The van der Waals surface area contributed by atoms with Gasteiger partial charge in [-0.05, 0) is 41.8 Å². The normalized spacial score (nSPS) is 22.1. The highest BCUT2D eigenvalue weighted by Gasteiger charge is 2.33. The third kappa shape index (κ3) is 3.85. The molecule has 1 fully saturated rings. The van der Waals surface area contributed by atoms with Gasteiger partial charge in [-0.15, -0.1) is 0 Å². The fraction of sp³-hybridized carbons (Fsp3) is 0.474. The highest BCUT2D eigenvalue weighted by Crippen LogP contribution is 2.38. The molecule has 1 aliphatic heterocycles. The number of hydrogen-bond donors (Lipinski definition) is 0. The Morgan fingerprint density at radius 2 is 1.81 bits per heavy atom. The molecule has 0 amide bonds. The Bertz CT molecular complexity index is 811. The number of hydrogen-bond acceptors (Lipinski definition) is 4. The van der Waals surface area contributed by atoms with Crippen molar-refractivity contribution in [1.82, 2.24) is 4.31 Å². The lowest BCUT2D eigenvalue weighted by molar-refractivity contribution is 0.248. The van der Waals surface area contributed by atoms with Crippen LogP contribution in [0.1, 0.15) is 19.3 Å². The van der Waals surface area contributed by atoms with E-state index in [0.717, 1.165) is 19.3 Å². The second-order valence-electron chi connectivity index (χ2n) is 6.54. The van der Waals surface area contributed by atoms with Crippen molar-refractivity contribution in [3.63, 3.8) is 0 Å². The smallest absolute Gasteiger partial charge is 0.243 e. The summed E-state index contributed by atoms with van der Waals surface area (Å²) >= 11 is 3.66. The third-order valence-corrected chi connectivity index (χ3v) is 7.86. The van der Waals surface area contributed by atoms with E-state index in [0.29, 0.717) is 36.4 Å². The van der Waals surface area contributed by atoms with Crippen molar-refractivity contribution < 1.29 is 17.9 Å². The van der Waals surface area contributed by atoms with Crippen LogP contribution in [-0.4, -0.2) is 40.0 Å². The van der Waals surface area contributed by atoms with Crippen molar-refractivity contribution in [1.29, 1.82) is 0 Å². The zero-order valence-corrected chi connectivity index (χ0v) is 17.4. The van der Waals surface area contributed by atoms with Crippen LogP contribution in [0.2, 0.25) is 0 Å². The van der Waals surface area contributed by atoms with Gasteiger partial charge >= 0.3 is 0 Å². The van der Waals surface area contributed by atoms with Gasteiger partial charge in [-0.1, -0.05) is 34.2 Å². The first-order valence-corrected chi connectivity index (χ1v) is 10.9. The van der Waals surface area contributed by atoms with Gasteiger partial charge in [-0.2, -0.15) is 4.31 Å². The molecule has 1 atom stereocenters. The average molecular weight is 442 g/mol. The van der Waals surface area contributed by atoms with E-state index in [1.807, 2.05) is 0 Å². The monoisotopic (exact) mass is 441 g/mol. The number of rotatable bonds is 5. The predicted octanol–water partition coefficient (Wildman–Crippen LogP) is 3.96. The van der Waals surface area contributed by atoms with E-state index < -0.39 is 10.0 Å². The van der Waals surface area contributed by atoms with Crippen molar-refractivity contribution in [2.24, 2.45) is 11.8 Å². The average Bonchev–Trinajstić information content (AvgIpc) is 2.68. The van der Waals surface area contributed by atoms with Gasteiger partial charge in [0.05, 0.1) is 19.1 Å². The van der Waals surface area contributed by atoms with Crippen LogP contribution in [0.4, 0.5) is 0 Å². The van der Waals surface area contributed by atoms with Crippen LogP contribution in [0, 0.1) is 11.8 Å². The first-order valence-electron chi connectivity index (χ1n) is 8.71. The van der Waals surface area contributed by atoms with Crippen molar-refractivity contribution in [2.75, 3.05) is 27.3 Å². The highest BCUT2D eigenvalue weighted by atomic mass is 79.9. The maximum absolute atomic E-state index is 13.0. The Balaban J connectivity index is 1.73. The second-order valence-corrected chi connectivity index (χ2v) is 9.39. The maximum atomic E-state index is 13.0. The number of allylic oxidation sites excluding steroid dienone is 4. The van der Waals surface area contributed by atoms with E-state index in [1.54, 1.807) is 16.4 Å². The van der Waals surface area contributed by atoms with Gasteiger partial charge < -0.3 is 9.47 Å². The first kappa shape index (κ1) is 19.5. The summed E-state index contributed by atoms with van der Waals surface area (Å²) in [6.07, 6.45) is 9.28. The summed E-state index contributed by atoms with van der Waals surface area (Å²) in [7, 11) is -0.500. The molecular formula is C19H24BrNO4S. The molecule has 7 heteroatoms. The van der Waals surface area contributed by atoms with E-state index >= 15 is 0 Å². The number of ether oxygens (including phenoxy) is 2. The molecule has 1 unspecified atom stereocenters. The Morgan fingerprint density at radius 1 is 1.12 bits per heavy atom. The Kier molecular flexibility index (Phi) is 6.10. The fourth-order valence-corrected chi connectivity index (χ4v) is 5.82. The number of nitrogens with zero attached hydrogens (tertiary/aromatic N) is 1. The molecule has 5 nitrogen and oxygen atoms in total. The van der Waals surface area contributed by atoms with Crippen molar-refractivity contribution in [2.45, 2.75) is 24.2 Å². The van der Waals surface area contributed by atoms with Crippen molar-refractivity contribution in [3.05, 3.63) is 40.9 Å². The molecule has 0 bridgehead atoms. The van der Waals surface area contributed by atoms with Gasteiger partial charge in [0.25, 0.3) is 0 Å². The van der Waals surface area contributed by atoms with Gasteiger partial charge in [0.1, 0.15) is 0 Å². The van der Waals surface area contributed by atoms with Crippen LogP contribution in [0.3, 0.4) is 0 Å². The molecule has 1 heterocycles. The largest absolute Gasteiger partial charge is 0.493 e. The van der Waals surface area contributed by atoms with Crippen LogP contribution in [0.25, 0.3) is 0 Å². The molecule has 142 valence electrons. The van der Waals surface area contributed by atoms with Crippen LogP contribution in [-0.2, 0) is 10.0 Å². The predicted molar refractivity (Wildman–Crippen MR) is 105 cm³/mol. The minimum atomic E-state index is -3.53. The van der Waals surface area contributed by atoms with Crippen LogP contribution >= 0.6 is 15.9 Å². The zero-order chi connectivity index (χ0) is 18.7. The van der Waals surface area contributed by atoms with Crippen molar-refractivity contribution in [3.8, 4) is 11.5 Å². The first-order chi connectivity index (χ1) is 12.5. The van der Waals surface area contributed by atoms with Crippen LogP contribution in [0.15, 0.2) is 45.8 Å². The van der Waals surface area contributed by atoms with E-state index in [4.69, 9.17) is 9.47 Å². The molecule has 1 aromatic rings. The molecule has 1 aliphatic carbocycles. The van der Waals surface area contributed by atoms with Gasteiger partial charge in [0.15, 0.2) is 11.5 Å². The van der Waals surface area contributed by atoms with Crippen molar-refractivity contribution >= 4 is 26.0 Å². The fourth-order valence-electron chi connectivity index (χ4n) is 3.62. The van der Waals surface area contributed by atoms with Crippen LogP contribution in [0.5, 0.6) is 11.5 Å². The molecule has 0 spiro atoms. The summed E-state index contributed by atoms with van der Waals surface area (Å²) in [6.45, 7) is 1.07. The Labute approximate surface area is 163 Å². The lowest BCUT2D eigenvalue weighted by Crippen LogP contribution is -2.40.